The van der Waals surface area contributed by atoms with Gasteiger partial charge in [-0.1, -0.05) is 0 Å². The zero-order valence-electron chi connectivity index (χ0n) is 10.6. The molecule has 0 fully saturated rings. The third-order valence-electron chi connectivity index (χ3n) is 2.74. The van der Waals surface area contributed by atoms with Crippen molar-refractivity contribution in [3.8, 4) is 22.8 Å². The van der Waals surface area contributed by atoms with Gasteiger partial charge in [0.05, 0.1) is 19.9 Å². The fourth-order valence-corrected chi connectivity index (χ4v) is 1.95. The molecule has 2 rings (SSSR count). The molecule has 0 radical (unpaired) electrons. The van der Waals surface area contributed by atoms with Crippen LogP contribution in [0.1, 0.15) is 5.56 Å². The molecule has 1 aromatic carbocycles. The van der Waals surface area contributed by atoms with E-state index in [4.69, 9.17) is 9.47 Å². The van der Waals surface area contributed by atoms with Crippen LogP contribution in [0.4, 0.5) is 0 Å². The first kappa shape index (κ1) is 13.5. The van der Waals surface area contributed by atoms with Crippen molar-refractivity contribution in [2.75, 3.05) is 14.2 Å². The summed E-state index contributed by atoms with van der Waals surface area (Å²) in [5.74, 6) is 1.67. The van der Waals surface area contributed by atoms with Gasteiger partial charge >= 0.3 is 0 Å². The van der Waals surface area contributed by atoms with Crippen LogP contribution in [0.3, 0.4) is 0 Å². The summed E-state index contributed by atoms with van der Waals surface area (Å²) in [4.78, 5) is 11.5. The van der Waals surface area contributed by atoms with Crippen LogP contribution in [0.5, 0.6) is 11.5 Å². The van der Waals surface area contributed by atoms with Crippen molar-refractivity contribution in [3.63, 3.8) is 0 Å². The molecule has 1 heterocycles. The summed E-state index contributed by atoms with van der Waals surface area (Å²) in [6.45, 7) is 0. The highest BCUT2D eigenvalue weighted by molar-refractivity contribution is 7.79. The molecule has 0 aliphatic rings. The molecule has 0 unspecified atom stereocenters. The second kappa shape index (κ2) is 5.79. The molecule has 0 saturated heterocycles. The Labute approximate surface area is 116 Å². The Morgan fingerprint density at radius 3 is 2.68 bits per heavy atom. The van der Waals surface area contributed by atoms with Crippen molar-refractivity contribution in [3.05, 3.63) is 40.2 Å². The maximum absolute atomic E-state index is 11.5. The van der Waals surface area contributed by atoms with Gasteiger partial charge in [0.15, 0.2) is 0 Å². The van der Waals surface area contributed by atoms with Crippen molar-refractivity contribution >= 4 is 12.6 Å². The highest BCUT2D eigenvalue weighted by Crippen LogP contribution is 2.31. The average molecular weight is 278 g/mol. The number of rotatable bonds is 4. The van der Waals surface area contributed by atoms with E-state index in [9.17, 15) is 4.79 Å². The summed E-state index contributed by atoms with van der Waals surface area (Å²) in [5.41, 5.74) is 1.74. The van der Waals surface area contributed by atoms with Crippen LogP contribution in [-0.4, -0.2) is 24.4 Å². The Bertz CT molecular complexity index is 640. The van der Waals surface area contributed by atoms with Gasteiger partial charge in [0.1, 0.15) is 11.5 Å². The molecule has 19 heavy (non-hydrogen) atoms. The van der Waals surface area contributed by atoms with Crippen LogP contribution in [0.15, 0.2) is 29.1 Å². The number of aromatic nitrogens is 2. The van der Waals surface area contributed by atoms with Gasteiger partial charge in [-0.15, -0.1) is 0 Å². The fourth-order valence-electron chi connectivity index (χ4n) is 1.71. The van der Waals surface area contributed by atoms with Gasteiger partial charge in [0, 0.05) is 22.9 Å². The summed E-state index contributed by atoms with van der Waals surface area (Å²) in [7, 11) is 3.16. The molecule has 0 amide bonds. The zero-order valence-corrected chi connectivity index (χ0v) is 11.5. The Kier molecular flexibility index (Phi) is 4.11. The minimum Gasteiger partial charge on any atom is -0.497 e. The maximum atomic E-state index is 11.5. The van der Waals surface area contributed by atoms with Crippen molar-refractivity contribution < 1.29 is 9.47 Å². The third-order valence-corrected chi connectivity index (χ3v) is 3.08. The first-order valence-corrected chi connectivity index (χ1v) is 6.24. The number of hydrogen-bond acceptors (Lipinski definition) is 5. The summed E-state index contributed by atoms with van der Waals surface area (Å²) < 4.78 is 10.5. The van der Waals surface area contributed by atoms with Crippen LogP contribution < -0.4 is 15.0 Å². The normalized spacial score (nSPS) is 10.3. The van der Waals surface area contributed by atoms with Crippen LogP contribution in [0.25, 0.3) is 11.3 Å². The number of nitrogens with zero attached hydrogens (tertiary/aromatic N) is 1. The Morgan fingerprint density at radius 1 is 1.26 bits per heavy atom. The van der Waals surface area contributed by atoms with Crippen LogP contribution in [0.2, 0.25) is 0 Å². The van der Waals surface area contributed by atoms with E-state index >= 15 is 0 Å². The van der Waals surface area contributed by atoms with Crippen molar-refractivity contribution in [1.82, 2.24) is 10.2 Å². The van der Waals surface area contributed by atoms with E-state index in [2.05, 4.69) is 22.8 Å². The lowest BCUT2D eigenvalue weighted by molar-refractivity contribution is 0.395. The number of benzene rings is 1. The molecule has 0 bridgehead atoms. The smallest absolute Gasteiger partial charge is 0.268 e. The first-order valence-electron chi connectivity index (χ1n) is 5.61. The molecule has 0 aliphatic heterocycles. The second-order valence-electron chi connectivity index (χ2n) is 3.83. The molecule has 5 nitrogen and oxygen atoms in total. The lowest BCUT2D eigenvalue weighted by Crippen LogP contribution is -2.13. The first-order chi connectivity index (χ1) is 9.19. The van der Waals surface area contributed by atoms with Gasteiger partial charge in [0.25, 0.3) is 5.56 Å². The Balaban J connectivity index is 2.55. The molecule has 6 heteroatoms. The molecule has 100 valence electrons. The van der Waals surface area contributed by atoms with E-state index in [0.29, 0.717) is 28.5 Å². The number of nitrogens with one attached hydrogen (secondary N) is 1. The zero-order chi connectivity index (χ0) is 13.8. The molecule has 0 atom stereocenters. The number of ether oxygens (including phenoxy) is 2. The molecule has 2 aromatic rings. The lowest BCUT2D eigenvalue weighted by atomic mass is 10.1. The third kappa shape index (κ3) is 2.73. The molecule has 0 spiro atoms. The van der Waals surface area contributed by atoms with Crippen LogP contribution in [-0.2, 0) is 5.75 Å². The van der Waals surface area contributed by atoms with Gasteiger partial charge in [-0.2, -0.15) is 17.7 Å². The van der Waals surface area contributed by atoms with Crippen molar-refractivity contribution in [2.24, 2.45) is 0 Å². The number of methoxy groups -OCH3 is 2. The predicted octanol–water partition coefficient (Wildman–Crippen LogP) is 1.88. The van der Waals surface area contributed by atoms with E-state index < -0.39 is 0 Å². The standard InChI is InChI=1S/C13H14N2O3S/c1-17-9-3-4-10(12(6-9)18-2)11-5-8(7-19)13(16)15-14-11/h3-6,19H,7H2,1-2H3,(H,15,16). The van der Waals surface area contributed by atoms with Gasteiger partial charge < -0.3 is 9.47 Å². The molecule has 0 aliphatic carbocycles. The average Bonchev–Trinajstić information content (AvgIpc) is 2.47. The quantitative estimate of drug-likeness (QED) is 0.838. The monoisotopic (exact) mass is 278 g/mol. The highest BCUT2D eigenvalue weighted by Gasteiger charge is 2.10. The summed E-state index contributed by atoms with van der Waals surface area (Å²) in [5, 5.41) is 6.49. The van der Waals surface area contributed by atoms with Gasteiger partial charge in [-0.3, -0.25) is 4.79 Å². The number of aromatic amines is 1. The van der Waals surface area contributed by atoms with Crippen molar-refractivity contribution in [2.45, 2.75) is 5.75 Å². The molecular formula is C13H14N2O3S. The highest BCUT2D eigenvalue weighted by atomic mass is 32.1. The SMILES string of the molecule is COc1ccc(-c2cc(CS)c(=O)[nH]n2)c(OC)c1. The summed E-state index contributed by atoms with van der Waals surface area (Å²) in [6, 6.07) is 7.12. The Morgan fingerprint density at radius 2 is 2.05 bits per heavy atom. The second-order valence-corrected chi connectivity index (χ2v) is 4.15. The molecular weight excluding hydrogens is 264 g/mol. The van der Waals surface area contributed by atoms with E-state index in [-0.39, 0.29) is 5.56 Å². The molecule has 1 N–H and O–H groups in total. The van der Waals surface area contributed by atoms with Gasteiger partial charge in [0.2, 0.25) is 0 Å². The fraction of sp³-hybridized carbons (Fsp3) is 0.231. The molecule has 0 saturated carbocycles. The minimum atomic E-state index is -0.230. The predicted molar refractivity (Wildman–Crippen MR) is 76.1 cm³/mol. The lowest BCUT2D eigenvalue weighted by Gasteiger charge is -2.10. The topological polar surface area (TPSA) is 64.2 Å². The van der Waals surface area contributed by atoms with Crippen LogP contribution in [0, 0.1) is 0 Å². The van der Waals surface area contributed by atoms with E-state index in [0.717, 1.165) is 5.56 Å². The number of thiol groups is 1. The van der Waals surface area contributed by atoms with Crippen LogP contribution >= 0.6 is 12.6 Å². The summed E-state index contributed by atoms with van der Waals surface area (Å²) in [6.07, 6.45) is 0. The van der Waals surface area contributed by atoms with Gasteiger partial charge in [-0.05, 0) is 18.2 Å². The van der Waals surface area contributed by atoms with Crippen molar-refractivity contribution in [1.29, 1.82) is 0 Å². The summed E-state index contributed by atoms with van der Waals surface area (Å²) >= 11 is 4.12. The molecule has 1 aromatic heterocycles. The maximum Gasteiger partial charge on any atom is 0.268 e. The largest absolute Gasteiger partial charge is 0.497 e. The van der Waals surface area contributed by atoms with E-state index in [1.165, 1.54) is 0 Å². The number of hydrogen-bond donors (Lipinski definition) is 2. The van der Waals surface area contributed by atoms with E-state index in [1.807, 2.05) is 12.1 Å². The number of H-pyrrole nitrogens is 1. The van der Waals surface area contributed by atoms with E-state index in [1.54, 1.807) is 26.4 Å². The minimum absolute atomic E-state index is 0.230. The van der Waals surface area contributed by atoms with Gasteiger partial charge in [-0.25, -0.2) is 5.10 Å². The Hall–Kier alpha value is -1.95.